The molecule has 1 saturated heterocycles. The zero-order valence-corrected chi connectivity index (χ0v) is 10.6. The van der Waals surface area contributed by atoms with E-state index >= 15 is 0 Å². The molecule has 5 nitrogen and oxygen atoms in total. The van der Waals surface area contributed by atoms with Crippen molar-refractivity contribution in [2.75, 3.05) is 20.2 Å². The SMILES string of the molecule is COc1ncc(OC2CCN(C(C)C)C2)cn1. The van der Waals surface area contributed by atoms with E-state index in [-0.39, 0.29) is 6.10 Å². The molecule has 0 saturated carbocycles. The molecule has 1 aliphatic heterocycles. The second-order valence-electron chi connectivity index (χ2n) is 4.52. The summed E-state index contributed by atoms with van der Waals surface area (Å²) in [5.74, 6) is 0.710. The van der Waals surface area contributed by atoms with Gasteiger partial charge in [0.25, 0.3) is 0 Å². The summed E-state index contributed by atoms with van der Waals surface area (Å²) in [6.07, 6.45) is 4.62. The second kappa shape index (κ2) is 5.31. The Morgan fingerprint density at radius 2 is 2.06 bits per heavy atom. The van der Waals surface area contributed by atoms with Gasteiger partial charge < -0.3 is 9.47 Å². The molecule has 1 unspecified atom stereocenters. The van der Waals surface area contributed by atoms with Crippen molar-refractivity contribution in [3.05, 3.63) is 12.4 Å². The van der Waals surface area contributed by atoms with Crippen LogP contribution in [0.2, 0.25) is 0 Å². The fraction of sp³-hybridized carbons (Fsp3) is 0.667. The molecule has 0 radical (unpaired) electrons. The van der Waals surface area contributed by atoms with Gasteiger partial charge in [-0.2, -0.15) is 9.97 Å². The van der Waals surface area contributed by atoms with Crippen LogP contribution in [0.4, 0.5) is 0 Å². The predicted octanol–water partition coefficient (Wildman–Crippen LogP) is 1.35. The molecule has 5 heteroatoms. The molecule has 0 aliphatic carbocycles. The van der Waals surface area contributed by atoms with E-state index in [9.17, 15) is 0 Å². The molecule has 1 atom stereocenters. The van der Waals surface area contributed by atoms with Gasteiger partial charge in [0.15, 0.2) is 5.75 Å². The van der Waals surface area contributed by atoms with E-state index in [0.29, 0.717) is 17.8 Å². The third kappa shape index (κ3) is 3.06. The fourth-order valence-corrected chi connectivity index (χ4v) is 1.98. The lowest BCUT2D eigenvalue weighted by Gasteiger charge is -2.20. The molecule has 17 heavy (non-hydrogen) atoms. The summed E-state index contributed by atoms with van der Waals surface area (Å²) >= 11 is 0. The third-order valence-electron chi connectivity index (χ3n) is 3.00. The molecular weight excluding hydrogens is 218 g/mol. The van der Waals surface area contributed by atoms with Crippen molar-refractivity contribution in [2.24, 2.45) is 0 Å². The summed E-state index contributed by atoms with van der Waals surface area (Å²) < 4.78 is 10.7. The first-order chi connectivity index (χ1) is 8.19. The van der Waals surface area contributed by atoms with Crippen LogP contribution in [0.3, 0.4) is 0 Å². The van der Waals surface area contributed by atoms with E-state index in [1.54, 1.807) is 19.5 Å². The van der Waals surface area contributed by atoms with Gasteiger partial charge in [-0.1, -0.05) is 0 Å². The van der Waals surface area contributed by atoms with Gasteiger partial charge in [0, 0.05) is 19.1 Å². The number of rotatable bonds is 4. The van der Waals surface area contributed by atoms with Gasteiger partial charge in [0.1, 0.15) is 6.10 Å². The Bertz CT molecular complexity index is 353. The normalized spacial score (nSPS) is 20.8. The number of aromatic nitrogens is 2. The maximum Gasteiger partial charge on any atom is 0.316 e. The van der Waals surface area contributed by atoms with Crippen LogP contribution in [0.5, 0.6) is 11.8 Å². The monoisotopic (exact) mass is 237 g/mol. The van der Waals surface area contributed by atoms with Crippen molar-refractivity contribution < 1.29 is 9.47 Å². The number of hydrogen-bond acceptors (Lipinski definition) is 5. The van der Waals surface area contributed by atoms with Crippen LogP contribution in [0.15, 0.2) is 12.4 Å². The van der Waals surface area contributed by atoms with Gasteiger partial charge in [-0.15, -0.1) is 0 Å². The smallest absolute Gasteiger partial charge is 0.316 e. The third-order valence-corrected chi connectivity index (χ3v) is 3.00. The fourth-order valence-electron chi connectivity index (χ4n) is 1.98. The highest BCUT2D eigenvalue weighted by Crippen LogP contribution is 2.19. The van der Waals surface area contributed by atoms with Crippen LogP contribution in [0.1, 0.15) is 20.3 Å². The van der Waals surface area contributed by atoms with Gasteiger partial charge in [0.2, 0.25) is 0 Å². The van der Waals surface area contributed by atoms with Gasteiger partial charge in [-0.05, 0) is 20.3 Å². The first-order valence-corrected chi connectivity index (χ1v) is 5.96. The summed E-state index contributed by atoms with van der Waals surface area (Å²) in [4.78, 5) is 10.5. The van der Waals surface area contributed by atoms with E-state index in [4.69, 9.17) is 9.47 Å². The molecule has 1 aliphatic rings. The highest BCUT2D eigenvalue weighted by Gasteiger charge is 2.25. The number of nitrogens with zero attached hydrogens (tertiary/aromatic N) is 3. The summed E-state index contributed by atoms with van der Waals surface area (Å²) in [6, 6.07) is 0.947. The topological polar surface area (TPSA) is 47.5 Å². The number of ether oxygens (including phenoxy) is 2. The Kier molecular flexibility index (Phi) is 3.78. The van der Waals surface area contributed by atoms with Crippen molar-refractivity contribution in [3.8, 4) is 11.8 Å². The average molecular weight is 237 g/mol. The van der Waals surface area contributed by atoms with E-state index < -0.39 is 0 Å². The Morgan fingerprint density at radius 1 is 1.35 bits per heavy atom. The average Bonchev–Trinajstić information content (AvgIpc) is 2.79. The maximum absolute atomic E-state index is 5.83. The van der Waals surface area contributed by atoms with Gasteiger partial charge in [-0.3, -0.25) is 4.90 Å². The lowest BCUT2D eigenvalue weighted by atomic mass is 10.3. The number of likely N-dealkylation sites (tertiary alicyclic amines) is 1. The molecule has 94 valence electrons. The zero-order chi connectivity index (χ0) is 12.3. The summed E-state index contributed by atoms with van der Waals surface area (Å²) in [6.45, 7) is 6.49. The van der Waals surface area contributed by atoms with Crippen LogP contribution in [0.25, 0.3) is 0 Å². The Hall–Kier alpha value is -1.36. The molecule has 1 aromatic rings. The van der Waals surface area contributed by atoms with Crippen molar-refractivity contribution in [2.45, 2.75) is 32.4 Å². The van der Waals surface area contributed by atoms with E-state index in [2.05, 4.69) is 28.7 Å². The van der Waals surface area contributed by atoms with E-state index in [0.717, 1.165) is 19.5 Å². The lowest BCUT2D eigenvalue weighted by molar-refractivity contribution is 0.185. The molecule has 1 aromatic heterocycles. The van der Waals surface area contributed by atoms with Crippen molar-refractivity contribution in [1.29, 1.82) is 0 Å². The number of hydrogen-bond donors (Lipinski definition) is 0. The molecule has 1 fully saturated rings. The molecule has 2 rings (SSSR count). The number of methoxy groups -OCH3 is 1. The largest absolute Gasteiger partial charge is 0.486 e. The highest BCUT2D eigenvalue weighted by atomic mass is 16.5. The van der Waals surface area contributed by atoms with Crippen LogP contribution in [0, 0.1) is 0 Å². The molecule has 0 aromatic carbocycles. The predicted molar refractivity (Wildman–Crippen MR) is 64.3 cm³/mol. The van der Waals surface area contributed by atoms with Crippen molar-refractivity contribution in [1.82, 2.24) is 14.9 Å². The minimum absolute atomic E-state index is 0.245. The molecule has 0 spiro atoms. The van der Waals surface area contributed by atoms with Gasteiger partial charge >= 0.3 is 6.01 Å². The molecular formula is C12H19N3O2. The van der Waals surface area contributed by atoms with E-state index in [1.807, 2.05) is 0 Å². The Morgan fingerprint density at radius 3 is 2.59 bits per heavy atom. The minimum atomic E-state index is 0.245. The van der Waals surface area contributed by atoms with E-state index in [1.165, 1.54) is 0 Å². The van der Waals surface area contributed by atoms with Crippen molar-refractivity contribution >= 4 is 0 Å². The van der Waals surface area contributed by atoms with Crippen LogP contribution < -0.4 is 9.47 Å². The first-order valence-electron chi connectivity index (χ1n) is 5.96. The Labute approximate surface area is 102 Å². The van der Waals surface area contributed by atoms with Crippen molar-refractivity contribution in [3.63, 3.8) is 0 Å². The second-order valence-corrected chi connectivity index (χ2v) is 4.52. The lowest BCUT2D eigenvalue weighted by Crippen LogP contribution is -2.30. The van der Waals surface area contributed by atoms with Gasteiger partial charge in [0.05, 0.1) is 19.5 Å². The summed E-state index contributed by atoms with van der Waals surface area (Å²) in [7, 11) is 1.55. The summed E-state index contributed by atoms with van der Waals surface area (Å²) in [5.41, 5.74) is 0. The van der Waals surface area contributed by atoms with Gasteiger partial charge in [-0.25, -0.2) is 0 Å². The molecule has 0 bridgehead atoms. The molecule has 0 N–H and O–H groups in total. The standard InChI is InChI=1S/C12H19N3O2/c1-9(2)15-5-4-10(8-15)17-11-6-13-12(16-3)14-7-11/h6-7,9-10H,4-5,8H2,1-3H3. The van der Waals surface area contributed by atoms with Crippen LogP contribution >= 0.6 is 0 Å². The molecule has 0 amide bonds. The first kappa shape index (κ1) is 12.1. The van der Waals surface area contributed by atoms with Crippen LogP contribution in [-0.4, -0.2) is 47.2 Å². The molecule has 2 heterocycles. The Balaban J connectivity index is 1.89. The maximum atomic E-state index is 5.83. The zero-order valence-electron chi connectivity index (χ0n) is 10.6. The summed E-state index contributed by atoms with van der Waals surface area (Å²) in [5, 5.41) is 0. The van der Waals surface area contributed by atoms with Crippen LogP contribution in [-0.2, 0) is 0 Å². The minimum Gasteiger partial charge on any atom is -0.486 e. The highest BCUT2D eigenvalue weighted by molar-refractivity contribution is 5.14. The quantitative estimate of drug-likeness (QED) is 0.791.